The number of nitrogen functional groups attached to an aromatic ring is 2. The summed E-state index contributed by atoms with van der Waals surface area (Å²) < 4.78 is 23.7. The SMILES string of the molecule is CC(C)n1c(-c2cc(-c3ccc(COCCN4CCCCC4)nc3)c(F)cc2N)c(N)n(C)c1=O. The van der Waals surface area contributed by atoms with Crippen molar-refractivity contribution in [1.82, 2.24) is 19.0 Å². The van der Waals surface area contributed by atoms with E-state index in [0.29, 0.717) is 35.6 Å². The van der Waals surface area contributed by atoms with Crippen LogP contribution in [0, 0.1) is 5.82 Å². The van der Waals surface area contributed by atoms with E-state index in [1.807, 2.05) is 26.0 Å². The molecular formula is C26H35FN6O2. The zero-order valence-electron chi connectivity index (χ0n) is 20.8. The predicted octanol–water partition coefficient (Wildman–Crippen LogP) is 3.80. The number of nitrogens with two attached hydrogens (primary N) is 2. The third-order valence-corrected chi connectivity index (χ3v) is 6.63. The number of pyridine rings is 1. The van der Waals surface area contributed by atoms with Crippen molar-refractivity contribution < 1.29 is 9.13 Å². The number of ether oxygens (including phenoxy) is 1. The van der Waals surface area contributed by atoms with Gasteiger partial charge in [0.05, 0.1) is 24.6 Å². The van der Waals surface area contributed by atoms with E-state index in [-0.39, 0.29) is 23.2 Å². The number of benzene rings is 1. The molecule has 0 atom stereocenters. The quantitative estimate of drug-likeness (QED) is 0.374. The Balaban J connectivity index is 1.54. The molecule has 3 aromatic rings. The summed E-state index contributed by atoms with van der Waals surface area (Å²) >= 11 is 0. The van der Waals surface area contributed by atoms with E-state index in [2.05, 4.69) is 9.88 Å². The van der Waals surface area contributed by atoms with Crippen molar-refractivity contribution in [3.63, 3.8) is 0 Å². The van der Waals surface area contributed by atoms with Gasteiger partial charge in [-0.05, 0) is 58.0 Å². The molecule has 1 aliphatic rings. The number of piperidine rings is 1. The summed E-state index contributed by atoms with van der Waals surface area (Å²) in [5.41, 5.74) is 15.1. The van der Waals surface area contributed by atoms with Gasteiger partial charge in [0, 0.05) is 48.2 Å². The number of likely N-dealkylation sites (tertiary alicyclic amines) is 1. The highest BCUT2D eigenvalue weighted by molar-refractivity contribution is 5.85. The highest BCUT2D eigenvalue weighted by Gasteiger charge is 2.22. The Labute approximate surface area is 205 Å². The summed E-state index contributed by atoms with van der Waals surface area (Å²) in [6.45, 7) is 8.08. The van der Waals surface area contributed by atoms with Gasteiger partial charge < -0.3 is 21.1 Å². The summed E-state index contributed by atoms with van der Waals surface area (Å²) in [4.78, 5) is 19.6. The molecule has 0 unspecified atom stereocenters. The molecule has 1 fully saturated rings. The average molecular weight is 483 g/mol. The number of imidazole rings is 1. The van der Waals surface area contributed by atoms with Gasteiger partial charge in [0.25, 0.3) is 0 Å². The van der Waals surface area contributed by atoms with Crippen LogP contribution in [0.25, 0.3) is 22.4 Å². The van der Waals surface area contributed by atoms with Gasteiger partial charge in [-0.15, -0.1) is 0 Å². The Kier molecular flexibility index (Phi) is 7.57. The second-order valence-corrected chi connectivity index (χ2v) is 9.45. The maximum absolute atomic E-state index is 15.0. The first-order valence-electron chi connectivity index (χ1n) is 12.2. The fraction of sp³-hybridized carbons (Fsp3) is 0.462. The molecule has 1 saturated heterocycles. The lowest BCUT2D eigenvalue weighted by Gasteiger charge is -2.26. The number of anilines is 2. The molecular weight excluding hydrogens is 447 g/mol. The summed E-state index contributed by atoms with van der Waals surface area (Å²) in [5, 5.41) is 0. The van der Waals surface area contributed by atoms with Crippen molar-refractivity contribution >= 4 is 11.5 Å². The van der Waals surface area contributed by atoms with E-state index in [1.54, 1.807) is 23.9 Å². The van der Waals surface area contributed by atoms with Gasteiger partial charge in [0.2, 0.25) is 0 Å². The van der Waals surface area contributed by atoms with Gasteiger partial charge in [0.1, 0.15) is 11.6 Å². The Bertz CT molecular complexity index is 1230. The third-order valence-electron chi connectivity index (χ3n) is 6.63. The molecule has 3 heterocycles. The van der Waals surface area contributed by atoms with Crippen molar-refractivity contribution in [2.24, 2.45) is 7.05 Å². The second-order valence-electron chi connectivity index (χ2n) is 9.45. The van der Waals surface area contributed by atoms with Gasteiger partial charge in [-0.25, -0.2) is 9.18 Å². The molecule has 4 N–H and O–H groups in total. The number of nitrogens with zero attached hydrogens (tertiary/aromatic N) is 4. The van der Waals surface area contributed by atoms with Crippen LogP contribution < -0.4 is 17.2 Å². The molecule has 0 saturated carbocycles. The topological polar surface area (TPSA) is 104 Å². The molecule has 4 rings (SSSR count). The van der Waals surface area contributed by atoms with Crippen molar-refractivity contribution in [2.75, 3.05) is 37.7 Å². The molecule has 0 bridgehead atoms. The van der Waals surface area contributed by atoms with E-state index in [4.69, 9.17) is 16.2 Å². The number of hydrogen-bond donors (Lipinski definition) is 2. The highest BCUT2D eigenvalue weighted by Crippen LogP contribution is 2.36. The molecule has 188 valence electrons. The van der Waals surface area contributed by atoms with Gasteiger partial charge in [-0.1, -0.05) is 12.5 Å². The molecule has 0 aliphatic carbocycles. The lowest BCUT2D eigenvalue weighted by molar-refractivity contribution is 0.0845. The van der Waals surface area contributed by atoms with Crippen molar-refractivity contribution in [3.8, 4) is 22.4 Å². The summed E-state index contributed by atoms with van der Waals surface area (Å²) in [6, 6.07) is 6.42. The molecule has 9 heteroatoms. The van der Waals surface area contributed by atoms with Crippen molar-refractivity contribution in [3.05, 3.63) is 52.5 Å². The lowest BCUT2D eigenvalue weighted by Crippen LogP contribution is -2.32. The zero-order valence-corrected chi connectivity index (χ0v) is 20.8. The van der Waals surface area contributed by atoms with E-state index in [0.717, 1.165) is 25.3 Å². The van der Waals surface area contributed by atoms with E-state index < -0.39 is 5.82 Å². The van der Waals surface area contributed by atoms with Crippen LogP contribution in [0.15, 0.2) is 35.3 Å². The Morgan fingerprint density at radius 3 is 2.51 bits per heavy atom. The van der Waals surface area contributed by atoms with E-state index in [9.17, 15) is 9.18 Å². The minimum absolute atomic E-state index is 0.148. The Morgan fingerprint density at radius 1 is 1.11 bits per heavy atom. The van der Waals surface area contributed by atoms with Crippen LogP contribution >= 0.6 is 0 Å². The maximum atomic E-state index is 15.0. The lowest BCUT2D eigenvalue weighted by atomic mass is 10.00. The van der Waals surface area contributed by atoms with Crippen LogP contribution in [-0.4, -0.2) is 45.3 Å². The first-order chi connectivity index (χ1) is 16.8. The summed E-state index contributed by atoms with van der Waals surface area (Å²) in [7, 11) is 1.61. The predicted molar refractivity (Wildman–Crippen MR) is 137 cm³/mol. The molecule has 0 spiro atoms. The van der Waals surface area contributed by atoms with Gasteiger partial charge in [0.15, 0.2) is 0 Å². The highest BCUT2D eigenvalue weighted by atomic mass is 19.1. The molecule has 0 radical (unpaired) electrons. The van der Waals surface area contributed by atoms with Crippen LogP contribution in [0.4, 0.5) is 15.9 Å². The van der Waals surface area contributed by atoms with Crippen LogP contribution in [0.3, 0.4) is 0 Å². The second kappa shape index (κ2) is 10.6. The van der Waals surface area contributed by atoms with Gasteiger partial charge in [-0.3, -0.25) is 14.1 Å². The maximum Gasteiger partial charge on any atom is 0.330 e. The number of hydrogen-bond acceptors (Lipinski definition) is 6. The van der Waals surface area contributed by atoms with E-state index in [1.165, 1.54) is 29.9 Å². The van der Waals surface area contributed by atoms with Gasteiger partial charge in [-0.2, -0.15) is 0 Å². The molecule has 35 heavy (non-hydrogen) atoms. The standard InChI is InChI=1S/C26H35FN6O2/c1-17(2)33-24(25(29)31(3)26(33)34)21-13-20(22(27)14-23(21)28)18-7-8-19(30-15-18)16-35-12-11-32-9-5-4-6-10-32/h7-8,13-15,17H,4-6,9-12,16,28-29H2,1-3H3. The fourth-order valence-corrected chi connectivity index (χ4v) is 4.63. The average Bonchev–Trinajstić information content (AvgIpc) is 3.07. The van der Waals surface area contributed by atoms with Crippen molar-refractivity contribution in [1.29, 1.82) is 0 Å². The van der Waals surface area contributed by atoms with Crippen LogP contribution in [0.5, 0.6) is 0 Å². The molecule has 2 aromatic heterocycles. The molecule has 1 aromatic carbocycles. The van der Waals surface area contributed by atoms with Crippen LogP contribution in [0.1, 0.15) is 44.8 Å². The fourth-order valence-electron chi connectivity index (χ4n) is 4.63. The third kappa shape index (κ3) is 5.26. The smallest absolute Gasteiger partial charge is 0.330 e. The number of halogens is 1. The monoisotopic (exact) mass is 482 g/mol. The van der Waals surface area contributed by atoms with Crippen molar-refractivity contribution in [2.45, 2.75) is 45.8 Å². The number of rotatable bonds is 8. The normalized spacial score (nSPS) is 14.7. The summed E-state index contributed by atoms with van der Waals surface area (Å²) in [5.74, 6) is -0.185. The first kappa shape index (κ1) is 24.9. The minimum atomic E-state index is -0.466. The first-order valence-corrected chi connectivity index (χ1v) is 12.2. The van der Waals surface area contributed by atoms with Crippen LogP contribution in [0.2, 0.25) is 0 Å². The number of aromatic nitrogens is 3. The summed E-state index contributed by atoms with van der Waals surface area (Å²) in [6.07, 6.45) is 5.48. The Hall–Kier alpha value is -3.17. The molecule has 8 nitrogen and oxygen atoms in total. The van der Waals surface area contributed by atoms with E-state index >= 15 is 0 Å². The largest absolute Gasteiger partial charge is 0.398 e. The molecule has 1 aliphatic heterocycles. The van der Waals surface area contributed by atoms with Crippen LogP contribution in [-0.2, 0) is 18.4 Å². The van der Waals surface area contributed by atoms with Gasteiger partial charge >= 0.3 is 5.69 Å². The Morgan fingerprint density at radius 2 is 1.86 bits per heavy atom. The zero-order chi connectivity index (χ0) is 25.1. The molecule has 0 amide bonds. The minimum Gasteiger partial charge on any atom is -0.398 e.